The number of hydrogen-bond acceptors (Lipinski definition) is 3. The van der Waals surface area contributed by atoms with Crippen LogP contribution < -0.4 is 5.32 Å². The van der Waals surface area contributed by atoms with Crippen LogP contribution in [0, 0.1) is 11.6 Å². The van der Waals surface area contributed by atoms with E-state index in [4.69, 9.17) is 4.74 Å². The predicted octanol–water partition coefficient (Wildman–Crippen LogP) is 3.37. The number of benzene rings is 2. The first-order valence-electron chi connectivity index (χ1n) is 8.78. The highest BCUT2D eigenvalue weighted by Gasteiger charge is 2.16. The summed E-state index contributed by atoms with van der Waals surface area (Å²) in [4.78, 5) is 2.42. The molecule has 0 atom stereocenters. The average molecular weight is 346 g/mol. The molecule has 0 aromatic heterocycles. The van der Waals surface area contributed by atoms with Gasteiger partial charge in [0.1, 0.15) is 17.7 Å². The van der Waals surface area contributed by atoms with E-state index in [1.165, 1.54) is 24.3 Å². The maximum Gasteiger partial charge on any atom is 0.123 e. The average Bonchev–Trinajstić information content (AvgIpc) is 2.65. The summed E-state index contributed by atoms with van der Waals surface area (Å²) in [6, 6.07) is 12.6. The van der Waals surface area contributed by atoms with Gasteiger partial charge in [0.2, 0.25) is 0 Å². The van der Waals surface area contributed by atoms with Crippen LogP contribution in [0.15, 0.2) is 48.5 Å². The second kappa shape index (κ2) is 9.04. The van der Waals surface area contributed by atoms with Gasteiger partial charge in [-0.25, -0.2) is 8.78 Å². The van der Waals surface area contributed by atoms with Crippen LogP contribution in [0.2, 0.25) is 0 Å². The van der Waals surface area contributed by atoms with Crippen LogP contribution in [0.3, 0.4) is 0 Å². The van der Waals surface area contributed by atoms with Crippen LogP contribution in [0.4, 0.5) is 8.78 Å². The first-order chi connectivity index (χ1) is 12.2. The van der Waals surface area contributed by atoms with Crippen LogP contribution in [0.5, 0.6) is 0 Å². The quantitative estimate of drug-likeness (QED) is 0.778. The van der Waals surface area contributed by atoms with Crippen molar-refractivity contribution in [3.8, 4) is 0 Å². The summed E-state index contributed by atoms with van der Waals surface area (Å²) in [6.07, 6.45) is 0.614. The predicted molar refractivity (Wildman–Crippen MR) is 94.5 cm³/mol. The minimum absolute atomic E-state index is 0.277. The van der Waals surface area contributed by atoms with Crippen molar-refractivity contribution in [3.05, 3.63) is 71.3 Å². The zero-order chi connectivity index (χ0) is 17.5. The van der Waals surface area contributed by atoms with Crippen LogP contribution in [-0.2, 0) is 4.74 Å². The fraction of sp³-hybridized carbons (Fsp3) is 0.400. The van der Waals surface area contributed by atoms with Gasteiger partial charge in [0.25, 0.3) is 0 Å². The molecule has 1 aliphatic rings. The van der Waals surface area contributed by atoms with E-state index < -0.39 is 0 Å². The molecule has 1 saturated heterocycles. The smallest absolute Gasteiger partial charge is 0.123 e. The number of hydrogen-bond donors (Lipinski definition) is 1. The molecule has 0 spiro atoms. The summed E-state index contributed by atoms with van der Waals surface area (Å²) in [7, 11) is 0. The van der Waals surface area contributed by atoms with E-state index in [1.807, 2.05) is 0 Å². The van der Waals surface area contributed by atoms with E-state index in [-0.39, 0.29) is 17.7 Å². The molecule has 0 aliphatic carbocycles. The van der Waals surface area contributed by atoms with Gasteiger partial charge in [-0.1, -0.05) is 24.3 Å². The molecule has 2 aromatic carbocycles. The molecule has 0 amide bonds. The fourth-order valence-corrected chi connectivity index (χ4v) is 3.08. The summed E-state index contributed by atoms with van der Waals surface area (Å²) in [6.45, 7) is 5.81. The zero-order valence-corrected chi connectivity index (χ0v) is 14.3. The Morgan fingerprint density at radius 3 is 1.92 bits per heavy atom. The highest BCUT2D eigenvalue weighted by molar-refractivity contribution is 5.30. The molecular weight excluding hydrogens is 322 g/mol. The summed E-state index contributed by atoms with van der Waals surface area (Å²) >= 11 is 0. The first kappa shape index (κ1) is 18.0. The van der Waals surface area contributed by atoms with Gasteiger partial charge in [-0.2, -0.15) is 0 Å². The lowest BCUT2D eigenvalue weighted by atomic mass is 10.0. The molecule has 0 radical (unpaired) electrons. The van der Waals surface area contributed by atoms with Gasteiger partial charge in [-0.05, 0) is 41.8 Å². The molecule has 0 saturated carbocycles. The number of piperazine rings is 1. The number of nitrogens with one attached hydrogen (secondary N) is 1. The Balaban J connectivity index is 1.61. The third-order valence-electron chi connectivity index (χ3n) is 4.46. The summed E-state index contributed by atoms with van der Waals surface area (Å²) < 4.78 is 32.5. The Kier molecular flexibility index (Phi) is 6.50. The topological polar surface area (TPSA) is 24.5 Å². The molecule has 0 unspecified atom stereocenters. The second-order valence-corrected chi connectivity index (χ2v) is 6.30. The van der Waals surface area contributed by atoms with Gasteiger partial charge >= 0.3 is 0 Å². The summed E-state index contributed by atoms with van der Waals surface area (Å²) in [5.74, 6) is -0.555. The van der Waals surface area contributed by atoms with Crippen LogP contribution in [-0.4, -0.2) is 44.2 Å². The van der Waals surface area contributed by atoms with Crippen molar-refractivity contribution >= 4 is 0 Å². The maximum absolute atomic E-state index is 13.2. The molecule has 0 bridgehead atoms. The Hall–Kier alpha value is -1.82. The van der Waals surface area contributed by atoms with Crippen molar-refractivity contribution in [2.24, 2.45) is 0 Å². The van der Waals surface area contributed by atoms with Crippen LogP contribution in [0.1, 0.15) is 23.7 Å². The van der Waals surface area contributed by atoms with Gasteiger partial charge in [0.15, 0.2) is 0 Å². The summed E-state index contributed by atoms with van der Waals surface area (Å²) in [5.41, 5.74) is 1.74. The number of halogens is 2. The third-order valence-corrected chi connectivity index (χ3v) is 4.46. The molecule has 1 heterocycles. The lowest BCUT2D eigenvalue weighted by Gasteiger charge is -2.27. The van der Waals surface area contributed by atoms with E-state index >= 15 is 0 Å². The van der Waals surface area contributed by atoms with E-state index in [0.29, 0.717) is 6.61 Å². The van der Waals surface area contributed by atoms with E-state index in [2.05, 4.69) is 10.2 Å². The maximum atomic E-state index is 13.2. The van der Waals surface area contributed by atoms with E-state index in [1.54, 1.807) is 24.3 Å². The lowest BCUT2D eigenvalue weighted by molar-refractivity contribution is 0.0705. The minimum atomic E-state index is -0.316. The minimum Gasteiger partial charge on any atom is -0.369 e. The zero-order valence-electron chi connectivity index (χ0n) is 14.3. The Morgan fingerprint density at radius 1 is 0.880 bits per heavy atom. The molecule has 3 nitrogen and oxygen atoms in total. The fourth-order valence-electron chi connectivity index (χ4n) is 3.08. The van der Waals surface area contributed by atoms with E-state index in [9.17, 15) is 8.78 Å². The number of rotatable bonds is 7. The molecular formula is C20H24F2N2O. The molecule has 2 aromatic rings. The SMILES string of the molecule is Fc1ccc(C(OCCCN2CCNCC2)c2ccc(F)cc2)cc1. The molecule has 1 aliphatic heterocycles. The highest BCUT2D eigenvalue weighted by Crippen LogP contribution is 2.26. The molecule has 25 heavy (non-hydrogen) atoms. The van der Waals surface area contributed by atoms with E-state index in [0.717, 1.165) is 50.3 Å². The van der Waals surface area contributed by atoms with Crippen LogP contribution in [0.25, 0.3) is 0 Å². The third kappa shape index (κ3) is 5.33. The monoisotopic (exact) mass is 346 g/mol. The Morgan fingerprint density at radius 2 is 1.40 bits per heavy atom. The number of ether oxygens (including phenoxy) is 1. The van der Waals surface area contributed by atoms with Crippen molar-refractivity contribution in [2.45, 2.75) is 12.5 Å². The Labute approximate surface area is 147 Å². The first-order valence-corrected chi connectivity index (χ1v) is 8.78. The van der Waals surface area contributed by atoms with Crippen molar-refractivity contribution < 1.29 is 13.5 Å². The Bertz CT molecular complexity index is 594. The lowest BCUT2D eigenvalue weighted by Crippen LogP contribution is -2.43. The second-order valence-electron chi connectivity index (χ2n) is 6.30. The molecule has 3 rings (SSSR count). The van der Waals surface area contributed by atoms with Crippen LogP contribution >= 0.6 is 0 Å². The number of nitrogens with zero attached hydrogens (tertiary/aromatic N) is 1. The van der Waals surface area contributed by atoms with Gasteiger partial charge in [-0.3, -0.25) is 0 Å². The molecule has 1 N–H and O–H groups in total. The normalized spacial score (nSPS) is 15.6. The van der Waals surface area contributed by atoms with Crippen molar-refractivity contribution in [3.63, 3.8) is 0 Å². The molecule has 134 valence electrons. The van der Waals surface area contributed by atoms with Crippen molar-refractivity contribution in [2.75, 3.05) is 39.3 Å². The van der Waals surface area contributed by atoms with Crippen molar-refractivity contribution in [1.29, 1.82) is 0 Å². The van der Waals surface area contributed by atoms with Crippen molar-refractivity contribution in [1.82, 2.24) is 10.2 Å². The van der Waals surface area contributed by atoms with Gasteiger partial charge in [0, 0.05) is 39.3 Å². The van der Waals surface area contributed by atoms with Gasteiger partial charge < -0.3 is 15.0 Å². The highest BCUT2D eigenvalue weighted by atomic mass is 19.1. The molecule has 1 fully saturated rings. The van der Waals surface area contributed by atoms with Gasteiger partial charge in [0.05, 0.1) is 0 Å². The molecule has 5 heteroatoms. The standard InChI is InChI=1S/C20H24F2N2O/c21-18-6-2-16(3-7-18)20(17-4-8-19(22)9-5-17)25-15-1-12-24-13-10-23-11-14-24/h2-9,20,23H,1,10-15H2. The van der Waals surface area contributed by atoms with Gasteiger partial charge in [-0.15, -0.1) is 0 Å². The summed E-state index contributed by atoms with van der Waals surface area (Å²) in [5, 5.41) is 3.34. The largest absolute Gasteiger partial charge is 0.369 e.